The average molecular weight is 199 g/mol. The van der Waals surface area contributed by atoms with Crippen LogP contribution in [-0.4, -0.2) is 25.2 Å². The number of urea groups is 1. The third kappa shape index (κ3) is 3.18. The van der Waals surface area contributed by atoms with Crippen LogP contribution in [0.25, 0.3) is 0 Å². The highest BCUT2D eigenvalue weighted by Crippen LogP contribution is 2.23. The fourth-order valence-electron chi connectivity index (χ4n) is 2.06. The lowest BCUT2D eigenvalue weighted by atomic mass is 9.84. The molecule has 0 heterocycles. The van der Waals surface area contributed by atoms with Crippen molar-refractivity contribution in [2.75, 3.05) is 13.1 Å². The Kier molecular flexibility index (Phi) is 4.73. The lowest BCUT2D eigenvalue weighted by molar-refractivity contribution is 0.220. The normalized spacial score (nSPS) is 27.0. The van der Waals surface area contributed by atoms with Crippen LogP contribution in [0.4, 0.5) is 4.79 Å². The summed E-state index contributed by atoms with van der Waals surface area (Å²) in [4.78, 5) is 11.3. The SMILES string of the molecule is CCNC(=O)NC1CCCCC1CN. The minimum Gasteiger partial charge on any atom is -0.338 e. The van der Waals surface area contributed by atoms with Gasteiger partial charge in [0.25, 0.3) is 0 Å². The Morgan fingerprint density at radius 2 is 2.14 bits per heavy atom. The number of amides is 2. The van der Waals surface area contributed by atoms with E-state index in [0.717, 1.165) is 12.8 Å². The third-order valence-electron chi connectivity index (χ3n) is 2.87. The molecule has 1 rings (SSSR count). The van der Waals surface area contributed by atoms with Crippen molar-refractivity contribution in [1.29, 1.82) is 0 Å². The van der Waals surface area contributed by atoms with Gasteiger partial charge in [0, 0.05) is 12.6 Å². The second-order valence-electron chi connectivity index (χ2n) is 3.89. The van der Waals surface area contributed by atoms with Gasteiger partial charge in [-0.15, -0.1) is 0 Å². The van der Waals surface area contributed by atoms with Crippen molar-refractivity contribution in [1.82, 2.24) is 10.6 Å². The summed E-state index contributed by atoms with van der Waals surface area (Å²) in [5.74, 6) is 0.464. The van der Waals surface area contributed by atoms with E-state index < -0.39 is 0 Å². The molecule has 0 aromatic carbocycles. The smallest absolute Gasteiger partial charge is 0.315 e. The maximum atomic E-state index is 11.3. The molecule has 0 aromatic heterocycles. The van der Waals surface area contributed by atoms with E-state index >= 15 is 0 Å². The summed E-state index contributed by atoms with van der Waals surface area (Å²) in [6, 6.07) is 0.221. The van der Waals surface area contributed by atoms with E-state index in [9.17, 15) is 4.79 Å². The Bertz CT molecular complexity index is 184. The highest BCUT2D eigenvalue weighted by molar-refractivity contribution is 5.74. The van der Waals surface area contributed by atoms with Gasteiger partial charge >= 0.3 is 6.03 Å². The second kappa shape index (κ2) is 5.86. The number of nitrogens with two attached hydrogens (primary N) is 1. The van der Waals surface area contributed by atoms with Crippen LogP contribution in [0.3, 0.4) is 0 Å². The average Bonchev–Trinajstić information content (AvgIpc) is 2.19. The molecule has 1 aliphatic rings. The first kappa shape index (κ1) is 11.3. The van der Waals surface area contributed by atoms with Crippen molar-refractivity contribution in [3.8, 4) is 0 Å². The van der Waals surface area contributed by atoms with Gasteiger partial charge in [0.1, 0.15) is 0 Å². The fraction of sp³-hybridized carbons (Fsp3) is 0.900. The molecular weight excluding hydrogens is 178 g/mol. The third-order valence-corrected chi connectivity index (χ3v) is 2.87. The molecule has 1 fully saturated rings. The van der Waals surface area contributed by atoms with Crippen LogP contribution < -0.4 is 16.4 Å². The molecule has 82 valence electrons. The summed E-state index contributed by atoms with van der Waals surface area (Å²) >= 11 is 0. The van der Waals surface area contributed by atoms with Crippen LogP contribution >= 0.6 is 0 Å². The Hall–Kier alpha value is -0.770. The summed E-state index contributed by atoms with van der Waals surface area (Å²) < 4.78 is 0. The highest BCUT2D eigenvalue weighted by Gasteiger charge is 2.24. The van der Waals surface area contributed by atoms with E-state index in [4.69, 9.17) is 5.73 Å². The summed E-state index contributed by atoms with van der Waals surface area (Å²) in [6.45, 7) is 3.27. The van der Waals surface area contributed by atoms with Crippen molar-refractivity contribution in [3.05, 3.63) is 0 Å². The molecule has 0 bridgehead atoms. The van der Waals surface area contributed by atoms with E-state index in [1.54, 1.807) is 0 Å². The number of carbonyl (C=O) groups is 1. The zero-order valence-corrected chi connectivity index (χ0v) is 8.88. The monoisotopic (exact) mass is 199 g/mol. The van der Waals surface area contributed by atoms with Gasteiger partial charge < -0.3 is 16.4 Å². The molecule has 0 spiro atoms. The van der Waals surface area contributed by atoms with E-state index in [1.807, 2.05) is 6.92 Å². The van der Waals surface area contributed by atoms with Crippen LogP contribution in [0.5, 0.6) is 0 Å². The molecular formula is C10H21N3O. The van der Waals surface area contributed by atoms with Gasteiger partial charge in [-0.3, -0.25) is 0 Å². The van der Waals surface area contributed by atoms with Gasteiger partial charge in [0.05, 0.1) is 0 Å². The van der Waals surface area contributed by atoms with E-state index in [0.29, 0.717) is 19.0 Å². The van der Waals surface area contributed by atoms with E-state index in [2.05, 4.69) is 10.6 Å². The Labute approximate surface area is 85.6 Å². The molecule has 4 nitrogen and oxygen atoms in total. The molecule has 1 saturated carbocycles. The molecule has 1 aliphatic carbocycles. The number of carbonyl (C=O) groups excluding carboxylic acids is 1. The minimum absolute atomic E-state index is 0.0575. The predicted octanol–water partition coefficient (Wildman–Crippen LogP) is 0.823. The number of nitrogens with one attached hydrogen (secondary N) is 2. The molecule has 0 saturated heterocycles. The molecule has 0 aliphatic heterocycles. The highest BCUT2D eigenvalue weighted by atomic mass is 16.2. The minimum atomic E-state index is -0.0575. The van der Waals surface area contributed by atoms with Crippen molar-refractivity contribution < 1.29 is 4.79 Å². The quantitative estimate of drug-likeness (QED) is 0.630. The van der Waals surface area contributed by atoms with Crippen molar-refractivity contribution >= 4 is 6.03 Å². The van der Waals surface area contributed by atoms with Gasteiger partial charge in [-0.25, -0.2) is 4.79 Å². The maximum Gasteiger partial charge on any atom is 0.315 e. The van der Waals surface area contributed by atoms with Crippen molar-refractivity contribution in [3.63, 3.8) is 0 Å². The number of hydrogen-bond donors (Lipinski definition) is 3. The fourth-order valence-corrected chi connectivity index (χ4v) is 2.06. The van der Waals surface area contributed by atoms with Crippen LogP contribution in [-0.2, 0) is 0 Å². The van der Waals surface area contributed by atoms with Crippen LogP contribution in [0.15, 0.2) is 0 Å². The Morgan fingerprint density at radius 3 is 2.79 bits per heavy atom. The Balaban J connectivity index is 2.36. The molecule has 2 unspecified atom stereocenters. The molecule has 0 aromatic rings. The summed E-state index contributed by atoms with van der Waals surface area (Å²) in [7, 11) is 0. The standard InChI is InChI=1S/C10H21N3O/c1-2-12-10(14)13-9-6-4-3-5-8(9)7-11/h8-9H,2-7,11H2,1H3,(H2,12,13,14). The first-order valence-corrected chi connectivity index (χ1v) is 5.52. The molecule has 0 radical (unpaired) electrons. The molecule has 2 atom stereocenters. The van der Waals surface area contributed by atoms with E-state index in [1.165, 1.54) is 12.8 Å². The number of hydrogen-bond acceptors (Lipinski definition) is 2. The maximum absolute atomic E-state index is 11.3. The topological polar surface area (TPSA) is 67.2 Å². The second-order valence-corrected chi connectivity index (χ2v) is 3.89. The van der Waals surface area contributed by atoms with Gasteiger partial charge in [0.15, 0.2) is 0 Å². The van der Waals surface area contributed by atoms with Crippen LogP contribution in [0, 0.1) is 5.92 Å². The first-order valence-electron chi connectivity index (χ1n) is 5.52. The van der Waals surface area contributed by atoms with Crippen molar-refractivity contribution in [2.24, 2.45) is 11.7 Å². The first-order chi connectivity index (χ1) is 6.77. The van der Waals surface area contributed by atoms with Crippen molar-refractivity contribution in [2.45, 2.75) is 38.6 Å². The molecule has 4 N–H and O–H groups in total. The zero-order chi connectivity index (χ0) is 10.4. The molecule has 4 heteroatoms. The zero-order valence-electron chi connectivity index (χ0n) is 8.88. The lowest BCUT2D eigenvalue weighted by Crippen LogP contribution is -2.48. The molecule has 2 amide bonds. The lowest BCUT2D eigenvalue weighted by Gasteiger charge is -2.31. The van der Waals surface area contributed by atoms with Gasteiger partial charge in [-0.2, -0.15) is 0 Å². The van der Waals surface area contributed by atoms with Crippen LogP contribution in [0.1, 0.15) is 32.6 Å². The summed E-state index contributed by atoms with van der Waals surface area (Å²) in [5, 5.41) is 5.74. The predicted molar refractivity (Wildman–Crippen MR) is 57.0 cm³/mol. The summed E-state index contributed by atoms with van der Waals surface area (Å²) in [6.07, 6.45) is 4.66. The molecule has 14 heavy (non-hydrogen) atoms. The Morgan fingerprint density at radius 1 is 1.43 bits per heavy atom. The number of rotatable bonds is 3. The van der Waals surface area contributed by atoms with Gasteiger partial charge in [-0.1, -0.05) is 12.8 Å². The van der Waals surface area contributed by atoms with Gasteiger partial charge in [-0.05, 0) is 32.2 Å². The van der Waals surface area contributed by atoms with E-state index in [-0.39, 0.29) is 12.1 Å². The largest absolute Gasteiger partial charge is 0.338 e. The van der Waals surface area contributed by atoms with Crippen LogP contribution in [0.2, 0.25) is 0 Å². The van der Waals surface area contributed by atoms with Gasteiger partial charge in [0.2, 0.25) is 0 Å². The summed E-state index contributed by atoms with van der Waals surface area (Å²) in [5.41, 5.74) is 5.67.